The lowest BCUT2D eigenvalue weighted by Gasteiger charge is -2.03. The second-order valence-electron chi connectivity index (χ2n) is 3.29. The first-order valence-electron chi connectivity index (χ1n) is 4.58. The lowest BCUT2D eigenvalue weighted by Crippen LogP contribution is -2.24. The summed E-state index contributed by atoms with van der Waals surface area (Å²) in [6.45, 7) is 3.75. The van der Waals surface area contributed by atoms with Crippen molar-refractivity contribution in [3.63, 3.8) is 0 Å². The fourth-order valence-corrected chi connectivity index (χ4v) is 1.66. The van der Waals surface area contributed by atoms with Crippen LogP contribution in [0.15, 0.2) is 15.5 Å². The van der Waals surface area contributed by atoms with E-state index in [0.29, 0.717) is 15.4 Å². The van der Waals surface area contributed by atoms with Crippen LogP contribution in [-0.4, -0.2) is 19.7 Å². The van der Waals surface area contributed by atoms with Crippen molar-refractivity contribution in [1.82, 2.24) is 19.7 Å². The number of nitrogens with zero attached hydrogens (tertiary/aromatic N) is 4. The van der Waals surface area contributed by atoms with E-state index in [1.807, 2.05) is 22.6 Å². The van der Waals surface area contributed by atoms with Gasteiger partial charge in [-0.15, -0.1) is 10.2 Å². The van der Waals surface area contributed by atoms with E-state index in [0.717, 1.165) is 5.69 Å². The maximum atomic E-state index is 11.8. The Hall–Kier alpha value is -1.25. The molecule has 2 aromatic heterocycles. The van der Waals surface area contributed by atoms with Crippen LogP contribution in [0.25, 0.3) is 0 Å². The molecule has 0 saturated heterocycles. The minimum Gasteiger partial charge on any atom is -0.424 e. The van der Waals surface area contributed by atoms with E-state index in [-0.39, 0.29) is 12.1 Å². The first-order chi connectivity index (χ1) is 7.58. The zero-order chi connectivity index (χ0) is 11.7. The Labute approximate surface area is 105 Å². The van der Waals surface area contributed by atoms with E-state index in [9.17, 15) is 4.79 Å². The van der Waals surface area contributed by atoms with Crippen molar-refractivity contribution in [3.8, 4) is 0 Å². The average Bonchev–Trinajstić information content (AvgIpc) is 2.65. The maximum absolute atomic E-state index is 11.8. The lowest BCUT2D eigenvalue weighted by atomic mass is 10.4. The predicted molar refractivity (Wildman–Crippen MR) is 64.1 cm³/mol. The molecule has 0 aromatic carbocycles. The Morgan fingerprint density at radius 1 is 1.44 bits per heavy atom. The second kappa shape index (κ2) is 4.32. The summed E-state index contributed by atoms with van der Waals surface area (Å²) in [7, 11) is 0. The van der Waals surface area contributed by atoms with Crippen LogP contribution in [0.5, 0.6) is 0 Å². The molecule has 0 atom stereocenters. The van der Waals surface area contributed by atoms with Gasteiger partial charge in [0.1, 0.15) is 6.54 Å². The number of halogens is 1. The van der Waals surface area contributed by atoms with Crippen LogP contribution in [0.2, 0.25) is 0 Å². The van der Waals surface area contributed by atoms with Gasteiger partial charge in [-0.2, -0.15) is 0 Å². The lowest BCUT2D eigenvalue weighted by molar-refractivity contribution is 0.450. The highest BCUT2D eigenvalue weighted by Crippen LogP contribution is 2.03. The summed E-state index contributed by atoms with van der Waals surface area (Å²) in [5, 5.41) is 7.53. The van der Waals surface area contributed by atoms with Crippen molar-refractivity contribution < 1.29 is 4.42 Å². The van der Waals surface area contributed by atoms with Gasteiger partial charge in [-0.1, -0.05) is 0 Å². The van der Waals surface area contributed by atoms with Crippen LogP contribution in [0, 0.1) is 17.4 Å². The number of hydrogen-bond donors (Lipinski definition) is 0. The highest BCUT2D eigenvalue weighted by molar-refractivity contribution is 14.1. The average molecular weight is 332 g/mol. The molecule has 0 saturated carbocycles. The van der Waals surface area contributed by atoms with Gasteiger partial charge in [-0.25, -0.2) is 4.98 Å². The van der Waals surface area contributed by atoms with E-state index in [1.54, 1.807) is 13.8 Å². The molecule has 0 N–H and O–H groups in total. The molecule has 0 aliphatic rings. The summed E-state index contributed by atoms with van der Waals surface area (Å²) < 4.78 is 7.25. The molecule has 0 fully saturated rings. The molecule has 0 spiro atoms. The van der Waals surface area contributed by atoms with Gasteiger partial charge in [0.05, 0.1) is 15.6 Å². The highest BCUT2D eigenvalue weighted by atomic mass is 127. The largest absolute Gasteiger partial charge is 0.424 e. The second-order valence-corrected chi connectivity index (χ2v) is 4.37. The first kappa shape index (κ1) is 11.2. The number of hydrogen-bond acceptors (Lipinski definition) is 5. The van der Waals surface area contributed by atoms with Gasteiger partial charge < -0.3 is 4.42 Å². The minimum atomic E-state index is -0.0936. The third kappa shape index (κ3) is 2.13. The molecule has 0 aliphatic heterocycles. The van der Waals surface area contributed by atoms with Crippen molar-refractivity contribution in [2.24, 2.45) is 0 Å². The molecule has 84 valence electrons. The molecule has 0 radical (unpaired) electrons. The molecule has 16 heavy (non-hydrogen) atoms. The number of aromatic nitrogens is 4. The Morgan fingerprint density at radius 2 is 2.19 bits per heavy atom. The Balaban J connectivity index is 2.36. The molecule has 6 nitrogen and oxygen atoms in total. The van der Waals surface area contributed by atoms with Crippen LogP contribution in [0.3, 0.4) is 0 Å². The fourth-order valence-electron chi connectivity index (χ4n) is 1.21. The molecule has 7 heteroatoms. The standard InChI is InChI=1S/C9H9IN4O2/c1-5-8(10)9(15)14(4-11-5)3-7-13-12-6(2)16-7/h4H,3H2,1-2H3. The molecule has 0 unspecified atom stereocenters. The van der Waals surface area contributed by atoms with Gasteiger partial charge in [-0.3, -0.25) is 9.36 Å². The van der Waals surface area contributed by atoms with Gasteiger partial charge in [0.2, 0.25) is 11.8 Å². The molecule has 0 aliphatic carbocycles. The Kier molecular flexibility index (Phi) is 3.03. The van der Waals surface area contributed by atoms with E-state index in [2.05, 4.69) is 15.2 Å². The summed E-state index contributed by atoms with van der Waals surface area (Å²) in [6, 6.07) is 0. The van der Waals surface area contributed by atoms with Crippen molar-refractivity contribution >= 4 is 22.6 Å². The van der Waals surface area contributed by atoms with E-state index in [4.69, 9.17) is 4.42 Å². The normalized spacial score (nSPS) is 10.7. The molecule has 2 heterocycles. The monoisotopic (exact) mass is 332 g/mol. The maximum Gasteiger partial charge on any atom is 0.267 e. The van der Waals surface area contributed by atoms with Crippen LogP contribution in [0.4, 0.5) is 0 Å². The Morgan fingerprint density at radius 3 is 2.81 bits per heavy atom. The number of rotatable bonds is 2. The molecule has 2 rings (SSSR count). The first-order valence-corrected chi connectivity index (χ1v) is 5.66. The van der Waals surface area contributed by atoms with Gasteiger partial charge in [0.15, 0.2) is 0 Å². The summed E-state index contributed by atoms with van der Waals surface area (Å²) in [5.74, 6) is 0.888. The third-order valence-electron chi connectivity index (χ3n) is 2.03. The van der Waals surface area contributed by atoms with Crippen LogP contribution in [-0.2, 0) is 6.54 Å². The summed E-state index contributed by atoms with van der Waals surface area (Å²) in [6.07, 6.45) is 1.49. The van der Waals surface area contributed by atoms with Crippen LogP contribution >= 0.6 is 22.6 Å². The van der Waals surface area contributed by atoms with Gasteiger partial charge in [0.25, 0.3) is 5.56 Å². The third-order valence-corrected chi connectivity index (χ3v) is 3.27. The van der Waals surface area contributed by atoms with Gasteiger partial charge in [-0.05, 0) is 29.5 Å². The quantitative estimate of drug-likeness (QED) is 0.764. The minimum absolute atomic E-state index is 0.0936. The smallest absolute Gasteiger partial charge is 0.267 e. The molecular weight excluding hydrogens is 323 g/mol. The topological polar surface area (TPSA) is 73.8 Å². The molecular formula is C9H9IN4O2. The predicted octanol–water partition coefficient (Wildman–Crippen LogP) is 0.896. The van der Waals surface area contributed by atoms with E-state index >= 15 is 0 Å². The molecule has 0 bridgehead atoms. The fraction of sp³-hybridized carbons (Fsp3) is 0.333. The van der Waals surface area contributed by atoms with Crippen LogP contribution < -0.4 is 5.56 Å². The van der Waals surface area contributed by atoms with Crippen LogP contribution in [0.1, 0.15) is 17.5 Å². The summed E-state index contributed by atoms with van der Waals surface area (Å²) in [5.41, 5.74) is 0.632. The Bertz CT molecular complexity index is 575. The van der Waals surface area contributed by atoms with Crippen molar-refractivity contribution in [3.05, 3.63) is 37.7 Å². The van der Waals surface area contributed by atoms with Gasteiger partial charge >= 0.3 is 0 Å². The van der Waals surface area contributed by atoms with Crippen molar-refractivity contribution in [2.45, 2.75) is 20.4 Å². The highest BCUT2D eigenvalue weighted by Gasteiger charge is 2.08. The van der Waals surface area contributed by atoms with E-state index in [1.165, 1.54) is 10.9 Å². The molecule has 2 aromatic rings. The SMILES string of the molecule is Cc1nnc(Cn2cnc(C)c(I)c2=O)o1. The summed E-state index contributed by atoms with van der Waals surface area (Å²) in [4.78, 5) is 15.9. The van der Waals surface area contributed by atoms with Crippen molar-refractivity contribution in [1.29, 1.82) is 0 Å². The number of aryl methyl sites for hydroxylation is 2. The zero-order valence-corrected chi connectivity index (χ0v) is 10.9. The molecule has 0 amide bonds. The van der Waals surface area contributed by atoms with Crippen molar-refractivity contribution in [2.75, 3.05) is 0 Å². The van der Waals surface area contributed by atoms with Gasteiger partial charge in [0, 0.05) is 6.92 Å². The van der Waals surface area contributed by atoms with E-state index < -0.39 is 0 Å². The zero-order valence-electron chi connectivity index (χ0n) is 8.77. The summed E-state index contributed by atoms with van der Waals surface area (Å²) >= 11 is 1.98.